The molecule has 4 atom stereocenters. The highest BCUT2D eigenvalue weighted by Crippen LogP contribution is 2.44. The number of cyclic esters (lactones) is 1. The molecule has 6 N–H and O–H groups in total. The van der Waals surface area contributed by atoms with E-state index < -0.39 is 102 Å². The minimum Gasteiger partial charge on any atom is -0.458 e. The fraction of sp³-hybridized carbons (Fsp3) is 0.436. The van der Waals surface area contributed by atoms with Gasteiger partial charge in [0, 0.05) is 67.2 Å². The maximum Gasteiger partial charge on any atom is 0.343 e. The zero-order valence-corrected chi connectivity index (χ0v) is 43.5. The lowest BCUT2D eigenvalue weighted by Crippen LogP contribution is -2.60. The van der Waals surface area contributed by atoms with Crippen molar-refractivity contribution < 1.29 is 57.4 Å². The number of esters is 1. The molecule has 77 heavy (non-hydrogen) atoms. The molecule has 4 aliphatic rings. The van der Waals surface area contributed by atoms with Crippen LogP contribution in [0, 0.1) is 18.7 Å². The molecule has 1 aliphatic carbocycles. The summed E-state index contributed by atoms with van der Waals surface area (Å²) in [7, 11) is 1.44. The number of carbonyl (C=O) groups is 9. The summed E-state index contributed by atoms with van der Waals surface area (Å²) in [5, 5.41) is 25.0. The molecule has 0 saturated heterocycles. The number of carbonyl (C=O) groups excluding carboxylic acids is 9. The molecule has 0 radical (unpaired) electrons. The van der Waals surface area contributed by atoms with Crippen molar-refractivity contribution in [2.75, 3.05) is 33.2 Å². The van der Waals surface area contributed by atoms with Gasteiger partial charge < -0.3 is 45.9 Å². The first-order valence-corrected chi connectivity index (χ1v) is 25.8. The largest absolute Gasteiger partial charge is 0.458 e. The van der Waals surface area contributed by atoms with Crippen LogP contribution in [0.25, 0.3) is 22.3 Å². The molecule has 0 bridgehead atoms. The Labute approximate surface area is 442 Å². The topological polar surface area (TPSA) is 285 Å². The summed E-state index contributed by atoms with van der Waals surface area (Å²) in [5.41, 5.74) is 1.37. The van der Waals surface area contributed by atoms with Crippen LogP contribution in [0.2, 0.25) is 0 Å². The SMILES string of the molecule is CC[C@@]1(O)C(=O)OCc2c1cc1n(c2=O)Cc2c-1nc1cc(F)c(C)c3c1c2CC(N(C(=O)CNC(=O)[C@H](Cc1ccccc1)NC(=O)CNC(=O)CNC(=O)CCCCCN1C(=O)C=CC1=O)[C@H](C(=O)NC)C(C)C)C3. The molecule has 3 aliphatic heterocycles. The summed E-state index contributed by atoms with van der Waals surface area (Å²) in [6, 6.07) is 8.48. The van der Waals surface area contributed by atoms with Crippen LogP contribution in [0.4, 0.5) is 4.39 Å². The van der Waals surface area contributed by atoms with E-state index >= 15 is 4.39 Å². The molecule has 8 rings (SSSR count). The van der Waals surface area contributed by atoms with Crippen molar-refractivity contribution in [1.82, 2.24) is 45.9 Å². The van der Waals surface area contributed by atoms with E-state index in [9.17, 15) is 53.1 Å². The number of hydrogen-bond acceptors (Lipinski definition) is 13. The molecule has 4 aromatic rings. The van der Waals surface area contributed by atoms with Crippen LogP contribution in [0.15, 0.2) is 59.4 Å². The van der Waals surface area contributed by atoms with Crippen molar-refractivity contribution in [1.29, 1.82) is 0 Å². The Kier molecular flexibility index (Phi) is 16.5. The van der Waals surface area contributed by atoms with Crippen molar-refractivity contribution in [2.24, 2.45) is 5.92 Å². The van der Waals surface area contributed by atoms with E-state index in [1.807, 2.05) is 0 Å². The van der Waals surface area contributed by atoms with Crippen LogP contribution in [0.3, 0.4) is 0 Å². The molecule has 1 unspecified atom stereocenters. The summed E-state index contributed by atoms with van der Waals surface area (Å²) in [6.07, 6.45) is 4.14. The van der Waals surface area contributed by atoms with Crippen molar-refractivity contribution in [3.05, 3.63) is 110 Å². The van der Waals surface area contributed by atoms with Gasteiger partial charge >= 0.3 is 5.97 Å². The number of rotatable bonds is 21. The Morgan fingerprint density at radius 1 is 0.857 bits per heavy atom. The lowest BCUT2D eigenvalue weighted by molar-refractivity contribution is -0.172. The monoisotopic (exact) mass is 1060 g/mol. The van der Waals surface area contributed by atoms with Crippen LogP contribution in [0.1, 0.15) is 91.8 Å². The predicted octanol–water partition coefficient (Wildman–Crippen LogP) is 1.16. The number of pyridine rings is 2. The number of amides is 8. The molecule has 5 heterocycles. The number of imide groups is 1. The molecule has 8 amide bonds. The first-order chi connectivity index (χ1) is 36.8. The number of unbranched alkanes of at least 4 members (excludes halogenated alkanes) is 2. The molecular weight excluding hydrogens is 998 g/mol. The van der Waals surface area contributed by atoms with E-state index in [0.29, 0.717) is 69.4 Å². The summed E-state index contributed by atoms with van der Waals surface area (Å²) >= 11 is 0. The highest BCUT2D eigenvalue weighted by atomic mass is 19.1. The van der Waals surface area contributed by atoms with Crippen LogP contribution in [0.5, 0.6) is 0 Å². The molecule has 406 valence electrons. The second-order valence-corrected chi connectivity index (χ2v) is 20.1. The Hall–Kier alpha value is -8.14. The summed E-state index contributed by atoms with van der Waals surface area (Å²) < 4.78 is 22.8. The molecule has 0 saturated carbocycles. The fourth-order valence-electron chi connectivity index (χ4n) is 10.8. The molecule has 2 aromatic heterocycles. The van der Waals surface area contributed by atoms with Gasteiger partial charge in [0.05, 0.1) is 48.6 Å². The predicted molar refractivity (Wildman–Crippen MR) is 275 cm³/mol. The zero-order valence-electron chi connectivity index (χ0n) is 43.5. The first-order valence-electron chi connectivity index (χ1n) is 25.8. The van der Waals surface area contributed by atoms with Gasteiger partial charge in [-0.3, -0.25) is 48.1 Å². The van der Waals surface area contributed by atoms with Gasteiger partial charge in [-0.2, -0.15) is 0 Å². The van der Waals surface area contributed by atoms with E-state index in [4.69, 9.17) is 9.72 Å². The van der Waals surface area contributed by atoms with E-state index in [0.717, 1.165) is 4.90 Å². The maximum atomic E-state index is 16.1. The third-order valence-corrected chi connectivity index (χ3v) is 14.9. The van der Waals surface area contributed by atoms with Crippen molar-refractivity contribution in [2.45, 2.75) is 116 Å². The quantitative estimate of drug-likeness (QED) is 0.0342. The minimum atomic E-state index is -2.09. The van der Waals surface area contributed by atoms with Gasteiger partial charge in [-0.25, -0.2) is 14.2 Å². The number of halogens is 1. The molecule has 0 spiro atoms. The standard InChI is InChI=1S/C55H62FN9O12/c1-6-55(76)37-22-41-49-35(27-64(41)53(74)36(37)28-77-54(55)75)34-21-32(20-33-30(4)38(56)23-39(62-49)48(33)34)65(50(29(2)3)52(73)57-5)47(71)26-60-51(72)40(19-31-13-9-7-10-14-31)61-44(68)25-59-43(67)24-58-42(66)15-11-8-12-18-63-45(69)16-17-46(63)70/h7,9-10,13-14,16-17,22-23,29,32,40,50,76H,6,8,11-12,15,18-21,24-28H2,1-5H3,(H,57,73)(H,58,66)(H,59,67)(H,60,72)(H,61,68)/t32?,40-,50-,55-/m0/s1. The smallest absolute Gasteiger partial charge is 0.343 e. The number of nitrogens with zero attached hydrogens (tertiary/aromatic N) is 4. The van der Waals surface area contributed by atoms with Crippen LogP contribution in [-0.2, 0) is 85.9 Å². The summed E-state index contributed by atoms with van der Waals surface area (Å²) in [5.74, 6) is -6.42. The first kappa shape index (κ1) is 55.1. The Balaban J connectivity index is 0.977. The van der Waals surface area contributed by atoms with Crippen LogP contribution in [-0.4, -0.2) is 129 Å². The van der Waals surface area contributed by atoms with E-state index in [-0.39, 0.29) is 74.7 Å². The van der Waals surface area contributed by atoms with Gasteiger partial charge in [-0.1, -0.05) is 57.5 Å². The van der Waals surface area contributed by atoms with Gasteiger partial charge in [0.15, 0.2) is 5.60 Å². The summed E-state index contributed by atoms with van der Waals surface area (Å²) in [6.45, 7) is 5.05. The second-order valence-electron chi connectivity index (χ2n) is 20.1. The number of fused-ring (bicyclic) bond motifs is 5. The highest BCUT2D eigenvalue weighted by Gasteiger charge is 2.47. The molecule has 21 nitrogen and oxygen atoms in total. The highest BCUT2D eigenvalue weighted by molar-refractivity contribution is 6.12. The number of aromatic nitrogens is 2. The Bertz CT molecular complexity index is 3180. The summed E-state index contributed by atoms with van der Waals surface area (Å²) in [4.78, 5) is 139. The molecule has 0 fully saturated rings. The van der Waals surface area contributed by atoms with Crippen molar-refractivity contribution >= 4 is 64.1 Å². The third-order valence-electron chi connectivity index (χ3n) is 14.9. The molecule has 2 aromatic carbocycles. The average molecular weight is 1060 g/mol. The van der Waals surface area contributed by atoms with Gasteiger partial charge in [-0.15, -0.1) is 0 Å². The number of nitrogens with one attached hydrogen (secondary N) is 5. The lowest BCUT2D eigenvalue weighted by Gasteiger charge is -2.42. The van der Waals surface area contributed by atoms with Gasteiger partial charge in [0.2, 0.25) is 35.4 Å². The number of hydrogen-bond donors (Lipinski definition) is 6. The Morgan fingerprint density at radius 2 is 1.55 bits per heavy atom. The zero-order chi connectivity index (χ0) is 55.5. The number of ether oxygens (including phenoxy) is 1. The second kappa shape index (κ2) is 23.0. The van der Waals surface area contributed by atoms with E-state index in [1.165, 1.54) is 34.7 Å². The van der Waals surface area contributed by atoms with Gasteiger partial charge in [0.25, 0.3) is 17.4 Å². The number of benzene rings is 2. The van der Waals surface area contributed by atoms with Crippen LogP contribution >= 0.6 is 0 Å². The molecule has 22 heteroatoms. The van der Waals surface area contributed by atoms with E-state index in [2.05, 4.69) is 26.6 Å². The van der Waals surface area contributed by atoms with Crippen molar-refractivity contribution in [3.8, 4) is 11.4 Å². The van der Waals surface area contributed by atoms with Gasteiger partial charge in [-0.05, 0) is 73.3 Å². The minimum absolute atomic E-state index is 0.0162. The maximum absolute atomic E-state index is 16.1. The lowest BCUT2D eigenvalue weighted by atomic mass is 9.80. The van der Waals surface area contributed by atoms with Crippen molar-refractivity contribution in [3.63, 3.8) is 0 Å². The van der Waals surface area contributed by atoms with E-state index in [1.54, 1.807) is 64.1 Å². The van der Waals surface area contributed by atoms with Gasteiger partial charge in [0.1, 0.15) is 24.5 Å². The number of aliphatic hydroxyl groups is 1. The normalized spacial score (nSPS) is 17.7. The average Bonchev–Trinajstić information content (AvgIpc) is 4.22. The third kappa shape index (κ3) is 11.2. The van der Waals surface area contributed by atoms with Crippen LogP contribution < -0.4 is 32.1 Å². The Morgan fingerprint density at radius 3 is 2.23 bits per heavy atom. The number of likely N-dealkylation sites (N-methyl/N-ethyl adjacent to an activating group) is 1. The fourth-order valence-corrected chi connectivity index (χ4v) is 10.8. The molecular formula is C55H62FN9O12.